The van der Waals surface area contributed by atoms with Gasteiger partial charge in [0, 0.05) is 53.1 Å². The summed E-state index contributed by atoms with van der Waals surface area (Å²) in [6.45, 7) is 0. The van der Waals surface area contributed by atoms with Crippen LogP contribution in [0.15, 0.2) is 182 Å². The first-order valence-corrected chi connectivity index (χ1v) is 21.4. The zero-order valence-corrected chi connectivity index (χ0v) is 33.6. The van der Waals surface area contributed by atoms with Crippen molar-refractivity contribution in [3.05, 3.63) is 193 Å². The van der Waals surface area contributed by atoms with Crippen molar-refractivity contribution in [2.24, 2.45) is 0 Å². The zero-order chi connectivity index (χ0) is 39.9. The van der Waals surface area contributed by atoms with E-state index < -0.39 is 0 Å². The minimum atomic E-state index is 0.625. The lowest BCUT2D eigenvalue weighted by atomic mass is 9.91. The predicted octanol–water partition coefficient (Wildman–Crippen LogP) is 16.0. The lowest BCUT2D eigenvalue weighted by molar-refractivity contribution is 1.31. The van der Waals surface area contributed by atoms with Gasteiger partial charge in [-0.2, -0.15) is 10.5 Å². The molecule has 0 fully saturated rings. The van der Waals surface area contributed by atoms with Crippen LogP contribution < -0.4 is 9.80 Å². The van der Waals surface area contributed by atoms with Gasteiger partial charge in [-0.3, -0.25) is 0 Å². The molecule has 0 aliphatic heterocycles. The molecule has 0 spiro atoms. The van der Waals surface area contributed by atoms with Crippen LogP contribution in [-0.4, -0.2) is 0 Å². The third kappa shape index (κ3) is 5.13. The maximum atomic E-state index is 9.76. The van der Waals surface area contributed by atoms with Crippen LogP contribution in [0.25, 0.3) is 72.7 Å². The quantitative estimate of drug-likeness (QED) is 0.157. The molecule has 60 heavy (non-hydrogen) atoms. The lowest BCUT2D eigenvalue weighted by Crippen LogP contribution is -2.11. The largest absolute Gasteiger partial charge is 0.308 e. The molecular weight excluding hydrogens is 769 g/mol. The second-order valence-electron chi connectivity index (χ2n) is 15.1. The number of benzene rings is 10. The van der Waals surface area contributed by atoms with E-state index in [9.17, 15) is 10.5 Å². The van der Waals surface area contributed by atoms with Gasteiger partial charge in [-0.25, -0.2) is 0 Å². The van der Waals surface area contributed by atoms with Crippen LogP contribution in [-0.2, 0) is 0 Å². The highest BCUT2D eigenvalue weighted by atomic mass is 32.1. The molecule has 10 aromatic carbocycles. The monoisotopic (exact) mass is 798 g/mol. The van der Waals surface area contributed by atoms with E-state index in [0.717, 1.165) is 44.9 Å². The molecule has 278 valence electrons. The smallest absolute Gasteiger partial charge is 0.0991 e. The van der Waals surface area contributed by atoms with E-state index in [1.165, 1.54) is 61.9 Å². The van der Waals surface area contributed by atoms with Gasteiger partial charge in [0.2, 0.25) is 0 Å². The van der Waals surface area contributed by atoms with Crippen molar-refractivity contribution >= 4 is 129 Å². The molecule has 2 aromatic heterocycles. The van der Waals surface area contributed by atoms with Crippen molar-refractivity contribution in [1.82, 2.24) is 0 Å². The number of nitriles is 2. The fourth-order valence-corrected chi connectivity index (χ4v) is 11.6. The van der Waals surface area contributed by atoms with Gasteiger partial charge in [-0.1, -0.05) is 97.1 Å². The third-order valence-corrected chi connectivity index (χ3v) is 14.3. The topological polar surface area (TPSA) is 54.1 Å². The van der Waals surface area contributed by atoms with Gasteiger partial charge >= 0.3 is 0 Å². The number of hydrogen-bond donors (Lipinski definition) is 0. The van der Waals surface area contributed by atoms with Crippen molar-refractivity contribution < 1.29 is 0 Å². The van der Waals surface area contributed by atoms with Crippen LogP contribution in [0.3, 0.4) is 0 Å². The summed E-state index contributed by atoms with van der Waals surface area (Å²) in [6, 6.07) is 69.0. The lowest BCUT2D eigenvalue weighted by Gasteiger charge is -2.29. The van der Waals surface area contributed by atoms with Crippen molar-refractivity contribution in [2.75, 3.05) is 9.80 Å². The molecule has 0 radical (unpaired) electrons. The standard InChI is InChI=1S/C54H30N4S2/c55-31-33-15-23-37(24-16-33)57(47-11-5-9-41-39-7-1-3-13-49(39)59-53(41)47)45-29-21-35-20-28-44-46(30-22-36-19-27-43(45)51(35)52(36)44)58(38-25-17-34(32-56)18-26-38)48-12-6-10-42-40-8-2-4-14-50(40)60-54(42)48/h1-30H. The summed E-state index contributed by atoms with van der Waals surface area (Å²) < 4.78 is 4.93. The Balaban J connectivity index is 1.13. The van der Waals surface area contributed by atoms with Crippen molar-refractivity contribution in [3.8, 4) is 12.1 Å². The summed E-state index contributed by atoms with van der Waals surface area (Å²) in [6.07, 6.45) is 0. The Bertz CT molecular complexity index is 3500. The maximum Gasteiger partial charge on any atom is 0.0991 e. The summed E-state index contributed by atoms with van der Waals surface area (Å²) in [5.41, 5.74) is 7.54. The average Bonchev–Trinajstić information content (AvgIpc) is 3.89. The fourth-order valence-electron chi connectivity index (χ4n) is 9.16. The second kappa shape index (κ2) is 13.4. The predicted molar refractivity (Wildman–Crippen MR) is 255 cm³/mol. The molecule has 0 aliphatic carbocycles. The summed E-state index contributed by atoms with van der Waals surface area (Å²) in [7, 11) is 0. The molecule has 0 saturated heterocycles. The molecule has 0 aliphatic rings. The van der Waals surface area contributed by atoms with Crippen LogP contribution in [0.2, 0.25) is 0 Å². The summed E-state index contributed by atoms with van der Waals surface area (Å²) in [5.74, 6) is 0. The molecule has 0 atom stereocenters. The van der Waals surface area contributed by atoms with Gasteiger partial charge in [0.15, 0.2) is 0 Å². The molecule has 0 bridgehead atoms. The van der Waals surface area contributed by atoms with E-state index in [1.807, 2.05) is 46.9 Å². The molecule has 2 heterocycles. The van der Waals surface area contributed by atoms with Crippen LogP contribution in [0.1, 0.15) is 11.1 Å². The Kier molecular flexibility index (Phi) is 7.67. The highest BCUT2D eigenvalue weighted by Crippen LogP contribution is 2.51. The fraction of sp³-hybridized carbons (Fsp3) is 0. The van der Waals surface area contributed by atoms with Crippen molar-refractivity contribution in [2.45, 2.75) is 0 Å². The molecular formula is C54H30N4S2. The molecule has 0 unspecified atom stereocenters. The zero-order valence-electron chi connectivity index (χ0n) is 31.9. The van der Waals surface area contributed by atoms with E-state index in [-0.39, 0.29) is 0 Å². The van der Waals surface area contributed by atoms with E-state index >= 15 is 0 Å². The first kappa shape index (κ1) is 34.3. The van der Waals surface area contributed by atoms with Gasteiger partial charge < -0.3 is 9.80 Å². The van der Waals surface area contributed by atoms with E-state index in [2.05, 4.69) is 180 Å². The molecule has 4 nitrogen and oxygen atoms in total. The molecule has 0 N–H and O–H groups in total. The number of thiophene rings is 2. The Labute approximate surface area is 353 Å². The minimum absolute atomic E-state index is 0.625. The van der Waals surface area contributed by atoms with Crippen LogP contribution >= 0.6 is 22.7 Å². The SMILES string of the molecule is N#Cc1ccc(N(c2ccc3ccc4c(N(c5ccc(C#N)cc5)c5cccc6c5sc5ccccc56)ccc5ccc2c3c54)c2cccc3c2sc2ccccc23)cc1. The maximum absolute atomic E-state index is 9.76. The van der Waals surface area contributed by atoms with Gasteiger partial charge in [-0.15, -0.1) is 22.7 Å². The molecule has 6 heteroatoms. The number of nitrogens with zero attached hydrogens (tertiary/aromatic N) is 4. The van der Waals surface area contributed by atoms with Gasteiger partial charge in [-0.05, 0) is 106 Å². The highest BCUT2D eigenvalue weighted by Gasteiger charge is 2.25. The van der Waals surface area contributed by atoms with Crippen molar-refractivity contribution in [3.63, 3.8) is 0 Å². The van der Waals surface area contributed by atoms with Crippen LogP contribution in [0.5, 0.6) is 0 Å². The van der Waals surface area contributed by atoms with Gasteiger partial charge in [0.1, 0.15) is 0 Å². The summed E-state index contributed by atoms with van der Waals surface area (Å²) >= 11 is 3.63. The first-order valence-electron chi connectivity index (χ1n) is 19.8. The Hall–Kier alpha value is -7.74. The van der Waals surface area contributed by atoms with E-state index in [4.69, 9.17) is 0 Å². The second-order valence-corrected chi connectivity index (χ2v) is 17.2. The summed E-state index contributed by atoms with van der Waals surface area (Å²) in [4.78, 5) is 4.74. The van der Waals surface area contributed by atoms with Crippen molar-refractivity contribution in [1.29, 1.82) is 10.5 Å². The number of fused-ring (bicyclic) bond motifs is 6. The Morgan fingerprint density at radius 3 is 1.17 bits per heavy atom. The van der Waals surface area contributed by atoms with Crippen LogP contribution in [0, 0.1) is 22.7 Å². The highest BCUT2D eigenvalue weighted by molar-refractivity contribution is 7.26. The molecule has 12 aromatic rings. The Morgan fingerprint density at radius 1 is 0.333 bits per heavy atom. The van der Waals surface area contributed by atoms with Gasteiger partial charge in [0.25, 0.3) is 0 Å². The molecule has 12 rings (SSSR count). The molecule has 0 amide bonds. The normalized spacial score (nSPS) is 11.6. The third-order valence-electron chi connectivity index (χ3n) is 11.9. The number of anilines is 6. The summed E-state index contributed by atoms with van der Waals surface area (Å²) in [5, 5.41) is 31.5. The van der Waals surface area contributed by atoms with E-state index in [1.54, 1.807) is 0 Å². The number of hydrogen-bond acceptors (Lipinski definition) is 6. The average molecular weight is 799 g/mol. The number of rotatable bonds is 6. The Morgan fingerprint density at radius 2 is 0.733 bits per heavy atom. The minimum Gasteiger partial charge on any atom is -0.308 e. The van der Waals surface area contributed by atoms with Crippen LogP contribution in [0.4, 0.5) is 34.1 Å². The molecule has 0 saturated carbocycles. The van der Waals surface area contributed by atoms with Gasteiger partial charge in [0.05, 0.1) is 55.4 Å². The first-order chi connectivity index (χ1) is 29.7. The van der Waals surface area contributed by atoms with E-state index in [0.29, 0.717) is 11.1 Å².